The third-order valence-electron chi connectivity index (χ3n) is 5.90. The molecule has 1 N–H and O–H groups in total. The molecule has 7 nitrogen and oxygen atoms in total. The summed E-state index contributed by atoms with van der Waals surface area (Å²) in [6.45, 7) is 3.40. The molecule has 1 amide bonds. The van der Waals surface area contributed by atoms with Crippen LogP contribution in [0.25, 0.3) is 0 Å². The standard InChI is InChI=1S/C27H30N2O5S/c1-2-33-24-14-16-26(17-15-24)35(31,32)29-18-6-9-22(19-29)27(30)28-23-10-12-25(13-11-23)34-20-21-7-4-3-5-8-21/h3-5,7-8,10-17,22H,2,6,9,18-20H2,1H3,(H,28,30)/t22-/m0/s1. The Bertz CT molecular complexity index is 1210. The van der Waals surface area contributed by atoms with E-state index in [0.29, 0.717) is 49.8 Å². The van der Waals surface area contributed by atoms with Crippen molar-refractivity contribution in [1.82, 2.24) is 4.31 Å². The van der Waals surface area contributed by atoms with E-state index in [1.165, 1.54) is 4.31 Å². The lowest BCUT2D eigenvalue weighted by Gasteiger charge is -2.31. The van der Waals surface area contributed by atoms with Crippen LogP contribution in [-0.2, 0) is 21.4 Å². The lowest BCUT2D eigenvalue weighted by Crippen LogP contribution is -2.43. The summed E-state index contributed by atoms with van der Waals surface area (Å²) in [6.07, 6.45) is 1.26. The largest absolute Gasteiger partial charge is 0.494 e. The van der Waals surface area contributed by atoms with Crippen molar-refractivity contribution in [2.75, 3.05) is 25.0 Å². The number of nitrogens with zero attached hydrogens (tertiary/aromatic N) is 1. The van der Waals surface area contributed by atoms with Gasteiger partial charge in [-0.05, 0) is 73.9 Å². The van der Waals surface area contributed by atoms with Crippen LogP contribution in [0, 0.1) is 5.92 Å². The molecule has 0 unspecified atom stereocenters. The molecule has 0 aliphatic carbocycles. The van der Waals surface area contributed by atoms with Crippen molar-refractivity contribution in [3.05, 3.63) is 84.4 Å². The van der Waals surface area contributed by atoms with Crippen molar-refractivity contribution in [3.63, 3.8) is 0 Å². The zero-order valence-corrected chi connectivity index (χ0v) is 20.5. The highest BCUT2D eigenvalue weighted by Gasteiger charge is 2.33. The fourth-order valence-corrected chi connectivity index (χ4v) is 5.54. The molecule has 1 atom stereocenters. The molecule has 0 aromatic heterocycles. The Labute approximate surface area is 206 Å². The van der Waals surface area contributed by atoms with Gasteiger partial charge in [0, 0.05) is 18.8 Å². The van der Waals surface area contributed by atoms with E-state index in [9.17, 15) is 13.2 Å². The fraction of sp³-hybridized carbons (Fsp3) is 0.296. The number of ether oxygens (including phenoxy) is 2. The van der Waals surface area contributed by atoms with Gasteiger partial charge in [-0.1, -0.05) is 30.3 Å². The summed E-state index contributed by atoms with van der Waals surface area (Å²) in [5.41, 5.74) is 1.72. The van der Waals surface area contributed by atoms with Gasteiger partial charge in [0.2, 0.25) is 15.9 Å². The zero-order valence-electron chi connectivity index (χ0n) is 19.7. The highest BCUT2D eigenvalue weighted by atomic mass is 32.2. The topological polar surface area (TPSA) is 84.9 Å². The number of hydrogen-bond acceptors (Lipinski definition) is 5. The minimum atomic E-state index is -3.69. The Morgan fingerprint density at radius 3 is 2.29 bits per heavy atom. The van der Waals surface area contributed by atoms with Crippen LogP contribution in [0.1, 0.15) is 25.3 Å². The molecular weight excluding hydrogens is 464 g/mol. The highest BCUT2D eigenvalue weighted by molar-refractivity contribution is 7.89. The van der Waals surface area contributed by atoms with Crippen LogP contribution in [0.5, 0.6) is 11.5 Å². The molecule has 1 fully saturated rings. The Kier molecular flexibility index (Phi) is 8.05. The maximum atomic E-state index is 13.1. The summed E-state index contributed by atoms with van der Waals surface area (Å²) in [6, 6.07) is 23.5. The molecule has 0 bridgehead atoms. The lowest BCUT2D eigenvalue weighted by molar-refractivity contribution is -0.120. The normalized spacial score (nSPS) is 16.4. The second-order valence-corrected chi connectivity index (χ2v) is 10.3. The number of amides is 1. The van der Waals surface area contributed by atoms with Crippen LogP contribution in [0.2, 0.25) is 0 Å². The quantitative estimate of drug-likeness (QED) is 0.466. The van der Waals surface area contributed by atoms with E-state index < -0.39 is 15.9 Å². The number of carbonyl (C=O) groups is 1. The molecule has 4 rings (SSSR count). The van der Waals surface area contributed by atoms with Crippen molar-refractivity contribution in [2.24, 2.45) is 5.92 Å². The van der Waals surface area contributed by atoms with Gasteiger partial charge in [0.1, 0.15) is 18.1 Å². The first kappa shape index (κ1) is 24.8. The van der Waals surface area contributed by atoms with Crippen LogP contribution in [-0.4, -0.2) is 38.3 Å². The number of anilines is 1. The second kappa shape index (κ2) is 11.4. The molecule has 1 aliphatic heterocycles. The first-order valence-corrected chi connectivity index (χ1v) is 13.2. The van der Waals surface area contributed by atoms with Crippen molar-refractivity contribution in [1.29, 1.82) is 0 Å². The molecule has 1 heterocycles. The molecule has 1 saturated heterocycles. The van der Waals surface area contributed by atoms with Crippen LogP contribution in [0.3, 0.4) is 0 Å². The molecule has 8 heteroatoms. The van der Waals surface area contributed by atoms with Crippen LogP contribution in [0.4, 0.5) is 5.69 Å². The Hall–Kier alpha value is -3.36. The van der Waals surface area contributed by atoms with Gasteiger partial charge in [-0.2, -0.15) is 4.31 Å². The van der Waals surface area contributed by atoms with E-state index in [-0.39, 0.29) is 17.3 Å². The fourth-order valence-electron chi connectivity index (χ4n) is 4.02. The van der Waals surface area contributed by atoms with Gasteiger partial charge in [-0.3, -0.25) is 4.79 Å². The SMILES string of the molecule is CCOc1ccc(S(=O)(=O)N2CCC[C@H](C(=O)Nc3ccc(OCc4ccccc4)cc3)C2)cc1. The van der Waals surface area contributed by atoms with Crippen molar-refractivity contribution < 1.29 is 22.7 Å². The molecule has 1 aliphatic rings. The molecule has 0 radical (unpaired) electrons. The van der Waals surface area contributed by atoms with Gasteiger partial charge in [-0.25, -0.2) is 8.42 Å². The summed E-state index contributed by atoms with van der Waals surface area (Å²) < 4.78 is 38.8. The minimum Gasteiger partial charge on any atom is -0.494 e. The van der Waals surface area contributed by atoms with Crippen molar-refractivity contribution >= 4 is 21.6 Å². The number of rotatable bonds is 9. The average Bonchev–Trinajstić information content (AvgIpc) is 2.89. The number of nitrogens with one attached hydrogen (secondary N) is 1. The molecule has 3 aromatic rings. The number of sulfonamides is 1. The van der Waals surface area contributed by atoms with Gasteiger partial charge in [-0.15, -0.1) is 0 Å². The highest BCUT2D eigenvalue weighted by Crippen LogP contribution is 2.26. The van der Waals surface area contributed by atoms with Gasteiger partial charge in [0.05, 0.1) is 17.4 Å². The zero-order chi connectivity index (χ0) is 24.7. The minimum absolute atomic E-state index is 0.152. The summed E-state index contributed by atoms with van der Waals surface area (Å²) in [4.78, 5) is 13.1. The summed E-state index contributed by atoms with van der Waals surface area (Å²) >= 11 is 0. The van der Waals surface area contributed by atoms with Crippen molar-refractivity contribution in [3.8, 4) is 11.5 Å². The maximum absolute atomic E-state index is 13.1. The van der Waals surface area contributed by atoms with E-state index in [4.69, 9.17) is 9.47 Å². The third-order valence-corrected chi connectivity index (χ3v) is 7.78. The van der Waals surface area contributed by atoms with E-state index in [1.54, 1.807) is 36.4 Å². The van der Waals surface area contributed by atoms with Gasteiger partial charge in [0.25, 0.3) is 0 Å². The third kappa shape index (κ3) is 6.41. The van der Waals surface area contributed by atoms with E-state index >= 15 is 0 Å². The van der Waals surface area contributed by atoms with Gasteiger partial charge < -0.3 is 14.8 Å². The summed E-state index contributed by atoms with van der Waals surface area (Å²) in [7, 11) is -3.69. The van der Waals surface area contributed by atoms with E-state index in [1.807, 2.05) is 49.4 Å². The second-order valence-electron chi connectivity index (χ2n) is 8.39. The number of piperidine rings is 1. The molecule has 35 heavy (non-hydrogen) atoms. The number of hydrogen-bond donors (Lipinski definition) is 1. The van der Waals surface area contributed by atoms with Gasteiger partial charge >= 0.3 is 0 Å². The first-order chi connectivity index (χ1) is 17.0. The smallest absolute Gasteiger partial charge is 0.243 e. The van der Waals surface area contributed by atoms with Crippen LogP contribution < -0.4 is 14.8 Å². The average molecular weight is 495 g/mol. The predicted molar refractivity (Wildman–Crippen MR) is 135 cm³/mol. The van der Waals surface area contributed by atoms with E-state index in [0.717, 1.165) is 5.56 Å². The first-order valence-electron chi connectivity index (χ1n) is 11.8. The number of carbonyl (C=O) groups excluding carboxylic acids is 1. The number of benzene rings is 3. The molecular formula is C27H30N2O5S. The molecule has 0 saturated carbocycles. The van der Waals surface area contributed by atoms with Crippen molar-refractivity contribution in [2.45, 2.75) is 31.3 Å². The molecule has 184 valence electrons. The Balaban J connectivity index is 1.34. The Morgan fingerprint density at radius 1 is 0.943 bits per heavy atom. The predicted octanol–water partition coefficient (Wildman–Crippen LogP) is 4.70. The summed E-state index contributed by atoms with van der Waals surface area (Å²) in [5.74, 6) is 0.723. The Morgan fingerprint density at radius 2 is 1.60 bits per heavy atom. The summed E-state index contributed by atoms with van der Waals surface area (Å²) in [5, 5.41) is 2.91. The lowest BCUT2D eigenvalue weighted by atomic mass is 9.99. The molecule has 0 spiro atoms. The molecule has 3 aromatic carbocycles. The van der Waals surface area contributed by atoms with Crippen LogP contribution in [0.15, 0.2) is 83.8 Å². The maximum Gasteiger partial charge on any atom is 0.243 e. The monoisotopic (exact) mass is 494 g/mol. The van der Waals surface area contributed by atoms with Gasteiger partial charge in [0.15, 0.2) is 0 Å². The van der Waals surface area contributed by atoms with Crippen LogP contribution >= 0.6 is 0 Å². The van der Waals surface area contributed by atoms with E-state index in [2.05, 4.69) is 5.32 Å².